The van der Waals surface area contributed by atoms with E-state index in [4.69, 9.17) is 4.74 Å². The molecule has 2 rings (SSSR count). The van der Waals surface area contributed by atoms with Crippen LogP contribution >= 0.6 is 0 Å². The van der Waals surface area contributed by atoms with Crippen molar-refractivity contribution in [3.63, 3.8) is 0 Å². The zero-order valence-electron chi connectivity index (χ0n) is 12.7. The van der Waals surface area contributed by atoms with E-state index in [0.717, 1.165) is 12.3 Å². The molecule has 0 aliphatic heterocycles. The highest BCUT2D eigenvalue weighted by Gasteiger charge is 2.07. The van der Waals surface area contributed by atoms with Gasteiger partial charge in [0.25, 0.3) is 0 Å². The first-order chi connectivity index (χ1) is 9.60. The van der Waals surface area contributed by atoms with Crippen molar-refractivity contribution in [3.8, 4) is 16.9 Å². The van der Waals surface area contributed by atoms with Gasteiger partial charge in [-0.15, -0.1) is 0 Å². The molecule has 0 radical (unpaired) electrons. The summed E-state index contributed by atoms with van der Waals surface area (Å²) in [6.45, 7) is 7.27. The molecule has 0 fully saturated rings. The third kappa shape index (κ3) is 3.61. The molecule has 106 valence electrons. The first kappa shape index (κ1) is 14.6. The van der Waals surface area contributed by atoms with Crippen molar-refractivity contribution in [2.45, 2.75) is 33.4 Å². The minimum absolute atomic E-state index is 0.465. The maximum Gasteiger partial charge on any atom is 0.119 e. The summed E-state index contributed by atoms with van der Waals surface area (Å²) in [5.74, 6) is 0.904. The quantitative estimate of drug-likeness (QED) is 0.879. The molecule has 0 aromatic heterocycles. The summed E-state index contributed by atoms with van der Waals surface area (Å²) in [6.07, 6.45) is 0. The molecule has 0 amide bonds. The summed E-state index contributed by atoms with van der Waals surface area (Å²) < 4.78 is 5.34. The van der Waals surface area contributed by atoms with Crippen LogP contribution < -0.4 is 10.1 Å². The second-order valence-electron chi connectivity index (χ2n) is 5.42. The van der Waals surface area contributed by atoms with Gasteiger partial charge in [0, 0.05) is 12.6 Å². The molecule has 0 atom stereocenters. The molecule has 20 heavy (non-hydrogen) atoms. The number of ether oxygens (including phenoxy) is 1. The summed E-state index contributed by atoms with van der Waals surface area (Å²) in [6, 6.07) is 15.4. The van der Waals surface area contributed by atoms with E-state index >= 15 is 0 Å². The lowest BCUT2D eigenvalue weighted by Crippen LogP contribution is -2.22. The Morgan fingerprint density at radius 1 is 1.05 bits per heavy atom. The smallest absolute Gasteiger partial charge is 0.119 e. The lowest BCUT2D eigenvalue weighted by Gasteiger charge is -2.14. The lowest BCUT2D eigenvalue weighted by molar-refractivity contribution is 0.414. The number of aryl methyl sites for hydroxylation is 1. The van der Waals surface area contributed by atoms with Gasteiger partial charge in [-0.2, -0.15) is 0 Å². The van der Waals surface area contributed by atoms with Gasteiger partial charge in [-0.3, -0.25) is 0 Å². The highest BCUT2D eigenvalue weighted by Crippen LogP contribution is 2.27. The number of benzene rings is 2. The summed E-state index contributed by atoms with van der Waals surface area (Å²) in [4.78, 5) is 0. The highest BCUT2D eigenvalue weighted by atomic mass is 16.5. The van der Waals surface area contributed by atoms with E-state index in [-0.39, 0.29) is 0 Å². The molecule has 2 aromatic carbocycles. The summed E-state index contributed by atoms with van der Waals surface area (Å²) >= 11 is 0. The van der Waals surface area contributed by atoms with Gasteiger partial charge < -0.3 is 10.1 Å². The van der Waals surface area contributed by atoms with Crippen molar-refractivity contribution in [1.82, 2.24) is 5.32 Å². The maximum absolute atomic E-state index is 5.34. The highest BCUT2D eigenvalue weighted by molar-refractivity contribution is 5.68. The number of nitrogens with one attached hydrogen (secondary N) is 1. The van der Waals surface area contributed by atoms with Crippen LogP contribution in [0.4, 0.5) is 0 Å². The van der Waals surface area contributed by atoms with E-state index in [1.807, 2.05) is 6.07 Å². The lowest BCUT2D eigenvalue weighted by atomic mass is 9.98. The van der Waals surface area contributed by atoms with E-state index in [1.54, 1.807) is 7.11 Å². The van der Waals surface area contributed by atoms with Crippen LogP contribution in [0, 0.1) is 6.92 Å². The van der Waals surface area contributed by atoms with Gasteiger partial charge in [-0.05, 0) is 35.7 Å². The fraction of sp³-hybridized carbons (Fsp3) is 0.333. The third-order valence-electron chi connectivity index (χ3n) is 3.38. The molecular weight excluding hydrogens is 246 g/mol. The van der Waals surface area contributed by atoms with E-state index in [2.05, 4.69) is 62.5 Å². The van der Waals surface area contributed by atoms with Gasteiger partial charge in [0.2, 0.25) is 0 Å². The van der Waals surface area contributed by atoms with Gasteiger partial charge in [0.1, 0.15) is 5.75 Å². The molecule has 2 aromatic rings. The Kier molecular flexibility index (Phi) is 4.80. The Bertz CT molecular complexity index is 558. The number of methoxy groups -OCH3 is 1. The average Bonchev–Trinajstić information content (AvgIpc) is 2.45. The zero-order valence-corrected chi connectivity index (χ0v) is 12.7. The molecule has 0 aliphatic rings. The van der Waals surface area contributed by atoms with Crippen molar-refractivity contribution >= 4 is 0 Å². The predicted octanol–water partition coefficient (Wildman–Crippen LogP) is 4.17. The van der Waals surface area contributed by atoms with Crippen LogP contribution in [0.25, 0.3) is 11.1 Å². The van der Waals surface area contributed by atoms with Gasteiger partial charge in [0.05, 0.1) is 7.11 Å². The van der Waals surface area contributed by atoms with Gasteiger partial charge in [-0.25, -0.2) is 0 Å². The van der Waals surface area contributed by atoms with E-state index in [9.17, 15) is 0 Å². The molecule has 0 heterocycles. The zero-order chi connectivity index (χ0) is 14.5. The summed E-state index contributed by atoms with van der Waals surface area (Å²) in [5, 5.41) is 3.48. The van der Waals surface area contributed by atoms with E-state index in [0.29, 0.717) is 6.04 Å². The Morgan fingerprint density at radius 2 is 1.75 bits per heavy atom. The van der Waals surface area contributed by atoms with Crippen molar-refractivity contribution in [2.24, 2.45) is 0 Å². The van der Waals surface area contributed by atoms with Gasteiger partial charge in [-0.1, -0.05) is 49.7 Å². The summed E-state index contributed by atoms with van der Waals surface area (Å²) in [7, 11) is 1.71. The predicted molar refractivity (Wildman–Crippen MR) is 85.1 cm³/mol. The normalized spacial score (nSPS) is 10.8. The van der Waals surface area contributed by atoms with Crippen molar-refractivity contribution < 1.29 is 4.74 Å². The number of hydrogen-bond acceptors (Lipinski definition) is 2. The minimum Gasteiger partial charge on any atom is -0.497 e. The average molecular weight is 269 g/mol. The Balaban J connectivity index is 2.37. The first-order valence-electron chi connectivity index (χ1n) is 7.07. The fourth-order valence-electron chi connectivity index (χ4n) is 2.17. The molecule has 0 bridgehead atoms. The van der Waals surface area contributed by atoms with Crippen LogP contribution in [-0.2, 0) is 6.54 Å². The van der Waals surface area contributed by atoms with Gasteiger partial charge >= 0.3 is 0 Å². The monoisotopic (exact) mass is 269 g/mol. The molecule has 0 saturated carbocycles. The van der Waals surface area contributed by atoms with Crippen LogP contribution in [-0.4, -0.2) is 13.2 Å². The van der Waals surface area contributed by atoms with Crippen LogP contribution in [0.2, 0.25) is 0 Å². The standard InChI is InChI=1S/C18H23NO/c1-13(2)19-12-16-11-17(20-4)9-10-18(16)15-7-5-14(3)6-8-15/h5-11,13,19H,12H2,1-4H3. The Hall–Kier alpha value is -1.80. The Labute approximate surface area is 121 Å². The molecule has 2 nitrogen and oxygen atoms in total. The SMILES string of the molecule is COc1ccc(-c2ccc(C)cc2)c(CNC(C)C)c1. The Morgan fingerprint density at radius 3 is 2.35 bits per heavy atom. The largest absolute Gasteiger partial charge is 0.497 e. The molecule has 2 heteroatoms. The number of rotatable bonds is 5. The molecule has 0 aliphatic carbocycles. The van der Waals surface area contributed by atoms with Gasteiger partial charge in [0.15, 0.2) is 0 Å². The summed E-state index contributed by atoms with van der Waals surface area (Å²) in [5.41, 5.74) is 5.06. The maximum atomic E-state index is 5.34. The van der Waals surface area contributed by atoms with Crippen molar-refractivity contribution in [2.75, 3.05) is 7.11 Å². The topological polar surface area (TPSA) is 21.3 Å². The third-order valence-corrected chi connectivity index (χ3v) is 3.38. The van der Waals surface area contributed by atoms with Crippen LogP contribution in [0.1, 0.15) is 25.0 Å². The van der Waals surface area contributed by atoms with E-state index < -0.39 is 0 Å². The molecule has 0 spiro atoms. The van der Waals surface area contributed by atoms with Crippen molar-refractivity contribution in [1.29, 1.82) is 0 Å². The molecule has 0 unspecified atom stereocenters. The van der Waals surface area contributed by atoms with Crippen LogP contribution in [0.15, 0.2) is 42.5 Å². The van der Waals surface area contributed by atoms with Crippen molar-refractivity contribution in [3.05, 3.63) is 53.6 Å². The molecular formula is C18H23NO. The van der Waals surface area contributed by atoms with Crippen LogP contribution in [0.3, 0.4) is 0 Å². The second kappa shape index (κ2) is 6.58. The van der Waals surface area contributed by atoms with E-state index in [1.165, 1.54) is 22.3 Å². The second-order valence-corrected chi connectivity index (χ2v) is 5.42. The first-order valence-corrected chi connectivity index (χ1v) is 7.07. The number of hydrogen-bond donors (Lipinski definition) is 1. The molecule has 0 saturated heterocycles. The minimum atomic E-state index is 0.465. The van der Waals surface area contributed by atoms with Crippen LogP contribution in [0.5, 0.6) is 5.75 Å². The fourth-order valence-corrected chi connectivity index (χ4v) is 2.17. The molecule has 1 N–H and O–H groups in total.